The van der Waals surface area contributed by atoms with Crippen molar-refractivity contribution in [1.82, 2.24) is 10.2 Å². The van der Waals surface area contributed by atoms with E-state index in [1.807, 2.05) is 39.2 Å². The van der Waals surface area contributed by atoms with Crippen molar-refractivity contribution in [3.63, 3.8) is 0 Å². The van der Waals surface area contributed by atoms with E-state index in [0.29, 0.717) is 18.0 Å². The highest BCUT2D eigenvalue weighted by Gasteiger charge is 2.32. The number of aryl methyl sites for hydroxylation is 1. The molecule has 3 aromatic rings. The van der Waals surface area contributed by atoms with Gasteiger partial charge in [0.1, 0.15) is 18.3 Å². The summed E-state index contributed by atoms with van der Waals surface area (Å²) < 4.78 is 34.4. The van der Waals surface area contributed by atoms with Crippen LogP contribution in [-0.2, 0) is 26.2 Å². The molecule has 0 unspecified atom stereocenters. The molecule has 0 heterocycles. The zero-order valence-corrected chi connectivity index (χ0v) is 26.1. The van der Waals surface area contributed by atoms with E-state index in [0.717, 1.165) is 20.3 Å². The summed E-state index contributed by atoms with van der Waals surface area (Å²) in [6, 6.07) is 19.9. The van der Waals surface area contributed by atoms with Crippen LogP contribution in [0.15, 0.2) is 82.6 Å². The maximum absolute atomic E-state index is 14.0. The maximum Gasteiger partial charge on any atom is 0.264 e. The number of hydrogen-bond acceptors (Lipinski definition) is 6. The molecule has 3 rings (SSSR count). The molecule has 3 aromatic carbocycles. The lowest BCUT2D eigenvalue weighted by Gasteiger charge is -2.32. The summed E-state index contributed by atoms with van der Waals surface area (Å²) in [4.78, 5) is 29.5. The number of nitrogens with zero attached hydrogens (tertiary/aromatic N) is 2. The fraction of sp³-hybridized carbons (Fsp3) is 0.355. The molecule has 8 nitrogen and oxygen atoms in total. The number of amides is 2. The average Bonchev–Trinajstić information content (AvgIpc) is 2.97. The SMILES string of the molecule is COc1cccc(CN(C(=O)CN(c2ccc(C)cc2)S(=O)(=O)c2ccc(SC)cc2)[C@H](C)C(=O)NCC(C)C)c1. The third-order valence-electron chi connectivity index (χ3n) is 6.59. The Morgan fingerprint density at radius 2 is 1.63 bits per heavy atom. The van der Waals surface area contributed by atoms with E-state index in [-0.39, 0.29) is 23.3 Å². The lowest BCUT2D eigenvalue weighted by atomic mass is 10.1. The van der Waals surface area contributed by atoms with Gasteiger partial charge in [0.15, 0.2) is 0 Å². The van der Waals surface area contributed by atoms with Gasteiger partial charge in [-0.25, -0.2) is 8.42 Å². The van der Waals surface area contributed by atoms with Gasteiger partial charge < -0.3 is 15.0 Å². The van der Waals surface area contributed by atoms with E-state index >= 15 is 0 Å². The Bertz CT molecular complexity index is 1420. The number of ether oxygens (including phenoxy) is 1. The van der Waals surface area contributed by atoms with Crippen molar-refractivity contribution < 1.29 is 22.7 Å². The minimum atomic E-state index is -4.12. The molecule has 0 aliphatic heterocycles. The molecule has 220 valence electrons. The number of methoxy groups -OCH3 is 1. The van der Waals surface area contributed by atoms with Crippen LogP contribution in [0.5, 0.6) is 5.75 Å². The molecule has 1 N–H and O–H groups in total. The van der Waals surface area contributed by atoms with Gasteiger partial charge in [-0.2, -0.15) is 0 Å². The smallest absolute Gasteiger partial charge is 0.264 e. The van der Waals surface area contributed by atoms with Gasteiger partial charge in [-0.3, -0.25) is 13.9 Å². The Morgan fingerprint density at radius 3 is 2.22 bits per heavy atom. The Morgan fingerprint density at radius 1 is 0.976 bits per heavy atom. The van der Waals surface area contributed by atoms with Crippen LogP contribution in [0.3, 0.4) is 0 Å². The Labute approximate surface area is 248 Å². The van der Waals surface area contributed by atoms with Gasteiger partial charge in [-0.1, -0.05) is 43.7 Å². The lowest BCUT2D eigenvalue weighted by Crippen LogP contribution is -2.51. The molecule has 0 bridgehead atoms. The number of carbonyl (C=O) groups excluding carboxylic acids is 2. The molecular weight excluding hydrogens is 558 g/mol. The van der Waals surface area contributed by atoms with E-state index in [2.05, 4.69) is 5.32 Å². The number of hydrogen-bond donors (Lipinski definition) is 1. The second-order valence-electron chi connectivity index (χ2n) is 10.2. The van der Waals surface area contributed by atoms with Crippen LogP contribution < -0.4 is 14.4 Å². The number of anilines is 1. The molecule has 0 radical (unpaired) electrons. The summed E-state index contributed by atoms with van der Waals surface area (Å²) in [6.07, 6.45) is 1.91. The fourth-order valence-electron chi connectivity index (χ4n) is 4.12. The van der Waals surface area contributed by atoms with Crippen molar-refractivity contribution in [3.8, 4) is 5.75 Å². The van der Waals surface area contributed by atoms with Crippen molar-refractivity contribution >= 4 is 39.3 Å². The molecule has 0 fully saturated rings. The van der Waals surface area contributed by atoms with Crippen LogP contribution in [0.2, 0.25) is 0 Å². The summed E-state index contributed by atoms with van der Waals surface area (Å²) in [5.41, 5.74) is 2.06. The number of carbonyl (C=O) groups is 2. The predicted molar refractivity (Wildman–Crippen MR) is 165 cm³/mol. The zero-order valence-electron chi connectivity index (χ0n) is 24.5. The highest BCUT2D eigenvalue weighted by Crippen LogP contribution is 2.27. The van der Waals surface area contributed by atoms with Crippen molar-refractivity contribution in [3.05, 3.63) is 83.9 Å². The average molecular weight is 598 g/mol. The standard InChI is InChI=1S/C31H39N3O5S2/c1-22(2)19-32-31(36)24(4)33(20-25-8-7-9-27(18-25)39-5)30(35)21-34(26-12-10-23(3)11-13-26)41(37,38)29-16-14-28(40-6)15-17-29/h7-18,22,24H,19-21H2,1-6H3,(H,32,36)/t24-/m1/s1. The van der Waals surface area contributed by atoms with Crippen molar-refractivity contribution in [2.24, 2.45) is 5.92 Å². The molecule has 10 heteroatoms. The van der Waals surface area contributed by atoms with Crippen LogP contribution >= 0.6 is 11.8 Å². The van der Waals surface area contributed by atoms with Crippen LogP contribution in [0.4, 0.5) is 5.69 Å². The first kappa shape index (κ1) is 32.0. The Hall–Kier alpha value is -3.50. The first-order chi connectivity index (χ1) is 19.5. The molecule has 0 saturated carbocycles. The van der Waals surface area contributed by atoms with E-state index in [9.17, 15) is 18.0 Å². The summed E-state index contributed by atoms with van der Waals surface area (Å²) in [5, 5.41) is 2.89. The molecule has 0 spiro atoms. The molecule has 1 atom stereocenters. The van der Waals surface area contributed by atoms with E-state index in [1.165, 1.54) is 16.7 Å². The predicted octanol–water partition coefficient (Wildman–Crippen LogP) is 5.11. The minimum absolute atomic E-state index is 0.0748. The molecule has 0 aromatic heterocycles. The number of sulfonamides is 1. The number of rotatable bonds is 13. The first-order valence-electron chi connectivity index (χ1n) is 13.4. The maximum atomic E-state index is 14.0. The highest BCUT2D eigenvalue weighted by atomic mass is 32.2. The van der Waals surface area contributed by atoms with Crippen LogP contribution in [-0.4, -0.2) is 57.6 Å². The third kappa shape index (κ3) is 8.50. The Kier molecular flexibility index (Phi) is 11.3. The largest absolute Gasteiger partial charge is 0.497 e. The van der Waals surface area contributed by atoms with Crippen molar-refractivity contribution in [1.29, 1.82) is 0 Å². The van der Waals surface area contributed by atoms with Gasteiger partial charge in [-0.05, 0) is 80.1 Å². The Balaban J connectivity index is 2.02. The van der Waals surface area contributed by atoms with Crippen molar-refractivity contribution in [2.75, 3.05) is 30.8 Å². The molecule has 2 amide bonds. The minimum Gasteiger partial charge on any atom is -0.497 e. The van der Waals surface area contributed by atoms with Gasteiger partial charge in [-0.15, -0.1) is 11.8 Å². The molecule has 0 aliphatic rings. The summed E-state index contributed by atoms with van der Waals surface area (Å²) in [5.74, 6) is 0.0231. The van der Waals surface area contributed by atoms with Gasteiger partial charge >= 0.3 is 0 Å². The number of thioether (sulfide) groups is 1. The van der Waals surface area contributed by atoms with Crippen LogP contribution in [0.1, 0.15) is 31.9 Å². The molecular formula is C31H39N3O5S2. The normalized spacial score (nSPS) is 12.1. The van der Waals surface area contributed by atoms with E-state index in [1.54, 1.807) is 74.7 Å². The monoisotopic (exact) mass is 597 g/mol. The van der Waals surface area contributed by atoms with Crippen LogP contribution in [0.25, 0.3) is 0 Å². The van der Waals surface area contributed by atoms with Gasteiger partial charge in [0.25, 0.3) is 10.0 Å². The second-order valence-corrected chi connectivity index (χ2v) is 13.0. The number of nitrogens with one attached hydrogen (secondary N) is 1. The molecule has 0 aliphatic carbocycles. The van der Waals surface area contributed by atoms with Gasteiger partial charge in [0, 0.05) is 18.0 Å². The quantitative estimate of drug-likeness (QED) is 0.275. The summed E-state index contributed by atoms with van der Waals surface area (Å²) in [6.45, 7) is 7.60. The first-order valence-corrected chi connectivity index (χ1v) is 16.1. The summed E-state index contributed by atoms with van der Waals surface area (Å²) >= 11 is 1.51. The topological polar surface area (TPSA) is 96.0 Å². The third-order valence-corrected chi connectivity index (χ3v) is 9.12. The number of benzene rings is 3. The van der Waals surface area contributed by atoms with Gasteiger partial charge in [0.2, 0.25) is 11.8 Å². The fourth-order valence-corrected chi connectivity index (χ4v) is 5.94. The van der Waals surface area contributed by atoms with Crippen molar-refractivity contribution in [2.45, 2.75) is 50.1 Å². The lowest BCUT2D eigenvalue weighted by molar-refractivity contribution is -0.139. The molecule has 41 heavy (non-hydrogen) atoms. The molecule has 0 saturated heterocycles. The summed E-state index contributed by atoms with van der Waals surface area (Å²) in [7, 11) is -2.56. The second kappa shape index (κ2) is 14.4. The van der Waals surface area contributed by atoms with Gasteiger partial charge in [0.05, 0.1) is 17.7 Å². The van der Waals surface area contributed by atoms with E-state index < -0.39 is 28.5 Å². The van der Waals surface area contributed by atoms with E-state index in [4.69, 9.17) is 4.74 Å². The zero-order chi connectivity index (χ0) is 30.2. The highest BCUT2D eigenvalue weighted by molar-refractivity contribution is 7.98. The van der Waals surface area contributed by atoms with Crippen LogP contribution in [0, 0.1) is 12.8 Å².